The molecule has 2 heterocycles. The number of hydrogen-bond acceptors (Lipinski definition) is 5. The Hall–Kier alpha value is -3.12. The number of nitrogens with zero attached hydrogens (tertiary/aromatic N) is 1. The fourth-order valence-corrected chi connectivity index (χ4v) is 6.43. The monoisotopic (exact) mass is 443 g/mol. The van der Waals surface area contributed by atoms with Gasteiger partial charge in [-0.2, -0.15) is 0 Å². The van der Waals surface area contributed by atoms with Crippen molar-refractivity contribution in [2.45, 2.75) is 56.8 Å². The zero-order chi connectivity index (χ0) is 22.9. The number of fused-ring (bicyclic) bond motifs is 3. The van der Waals surface area contributed by atoms with Gasteiger partial charge in [0.25, 0.3) is 0 Å². The van der Waals surface area contributed by atoms with Gasteiger partial charge >= 0.3 is 0 Å². The van der Waals surface area contributed by atoms with Gasteiger partial charge in [-0.15, -0.1) is 0 Å². The maximum Gasteiger partial charge on any atom is 0.237 e. The lowest BCUT2D eigenvalue weighted by Crippen LogP contribution is -2.52. The van der Waals surface area contributed by atoms with Crippen molar-refractivity contribution < 1.29 is 23.9 Å². The summed E-state index contributed by atoms with van der Waals surface area (Å²) in [7, 11) is 0. The molecule has 4 aliphatic rings. The fraction of sp³-hybridized carbons (Fsp3) is 0.407. The van der Waals surface area contributed by atoms with E-state index in [0.717, 1.165) is 43.2 Å². The van der Waals surface area contributed by atoms with Gasteiger partial charge in [-0.05, 0) is 30.9 Å². The highest BCUT2D eigenvalue weighted by atomic mass is 16.5. The van der Waals surface area contributed by atoms with Crippen molar-refractivity contribution in [3.8, 4) is 0 Å². The van der Waals surface area contributed by atoms with Crippen molar-refractivity contribution in [3.63, 3.8) is 0 Å². The van der Waals surface area contributed by atoms with Gasteiger partial charge in [0, 0.05) is 17.2 Å². The summed E-state index contributed by atoms with van der Waals surface area (Å²) in [5.74, 6) is -3.76. The number of carbonyl (C=O) groups excluding carboxylic acids is 4. The summed E-state index contributed by atoms with van der Waals surface area (Å²) in [6.45, 7) is 1.91. The molecule has 0 N–H and O–H groups in total. The van der Waals surface area contributed by atoms with Crippen LogP contribution in [0.25, 0.3) is 0 Å². The second-order valence-corrected chi connectivity index (χ2v) is 9.68. The second-order valence-electron chi connectivity index (χ2n) is 9.68. The highest BCUT2D eigenvalue weighted by Gasteiger charge is 2.75. The number of likely N-dealkylation sites (tertiary alicyclic amines) is 1. The van der Waals surface area contributed by atoms with Crippen molar-refractivity contribution in [1.82, 2.24) is 4.90 Å². The topological polar surface area (TPSA) is 80.8 Å². The van der Waals surface area contributed by atoms with E-state index in [1.807, 2.05) is 31.2 Å². The van der Waals surface area contributed by atoms with Crippen LogP contribution in [0, 0.1) is 18.8 Å². The predicted octanol–water partition coefficient (Wildman–Crippen LogP) is 3.82. The van der Waals surface area contributed by atoms with Gasteiger partial charge in [0.2, 0.25) is 29.0 Å². The third-order valence-corrected chi connectivity index (χ3v) is 7.99. The molecule has 1 saturated carbocycles. The van der Waals surface area contributed by atoms with Crippen LogP contribution in [-0.2, 0) is 14.3 Å². The molecule has 3 atom stereocenters. The van der Waals surface area contributed by atoms with E-state index in [1.165, 1.54) is 4.90 Å². The SMILES string of the molecule is Cc1ccccc1[C@H]1OC2(C(=O)c3ccccc3C2=O)[C@@H]2C(=O)N(C3CCCCC3)C(=O)[C@@H]12. The van der Waals surface area contributed by atoms with Gasteiger partial charge in [0.05, 0.1) is 17.9 Å². The molecule has 0 bridgehead atoms. The highest BCUT2D eigenvalue weighted by Crippen LogP contribution is 2.58. The molecule has 33 heavy (non-hydrogen) atoms. The minimum Gasteiger partial charge on any atom is -0.349 e. The summed E-state index contributed by atoms with van der Waals surface area (Å²) in [6, 6.07) is 13.9. The minimum atomic E-state index is -1.97. The van der Waals surface area contributed by atoms with Gasteiger partial charge in [0.15, 0.2) is 0 Å². The Balaban J connectivity index is 1.52. The molecular weight excluding hydrogens is 418 g/mol. The minimum absolute atomic E-state index is 0.173. The Bertz CT molecular complexity index is 1180. The number of ketones is 2. The van der Waals surface area contributed by atoms with Gasteiger partial charge in [0.1, 0.15) is 0 Å². The van der Waals surface area contributed by atoms with Crippen LogP contribution < -0.4 is 0 Å². The Morgan fingerprint density at radius 1 is 0.818 bits per heavy atom. The third kappa shape index (κ3) is 2.58. The largest absolute Gasteiger partial charge is 0.349 e. The van der Waals surface area contributed by atoms with Crippen LogP contribution in [0.2, 0.25) is 0 Å². The molecule has 2 aliphatic carbocycles. The smallest absolute Gasteiger partial charge is 0.237 e. The summed E-state index contributed by atoms with van der Waals surface area (Å²) in [6.07, 6.45) is 3.71. The Morgan fingerprint density at radius 3 is 2.06 bits per heavy atom. The van der Waals surface area contributed by atoms with Gasteiger partial charge in [-0.3, -0.25) is 24.1 Å². The molecule has 0 unspecified atom stereocenters. The number of benzene rings is 2. The van der Waals surface area contributed by atoms with E-state index >= 15 is 0 Å². The maximum atomic E-state index is 13.9. The number of Topliss-reactive ketones (excluding diaryl/α,β-unsaturated/α-hetero) is 2. The molecule has 168 valence electrons. The van der Waals surface area contributed by atoms with Gasteiger partial charge in [-0.1, -0.05) is 67.8 Å². The summed E-state index contributed by atoms with van der Waals surface area (Å²) < 4.78 is 6.36. The van der Waals surface area contributed by atoms with Crippen molar-refractivity contribution in [3.05, 3.63) is 70.8 Å². The highest BCUT2D eigenvalue weighted by molar-refractivity contribution is 6.35. The molecule has 2 amide bonds. The summed E-state index contributed by atoms with van der Waals surface area (Å²) in [4.78, 5) is 56.6. The van der Waals surface area contributed by atoms with E-state index in [4.69, 9.17) is 4.74 Å². The van der Waals surface area contributed by atoms with Gasteiger partial charge < -0.3 is 4.74 Å². The van der Waals surface area contributed by atoms with Crippen molar-refractivity contribution in [2.24, 2.45) is 11.8 Å². The maximum absolute atomic E-state index is 13.9. The zero-order valence-corrected chi connectivity index (χ0v) is 18.5. The van der Waals surface area contributed by atoms with E-state index in [1.54, 1.807) is 24.3 Å². The number of rotatable bonds is 2. The first-order valence-corrected chi connectivity index (χ1v) is 11.8. The molecule has 0 radical (unpaired) electrons. The number of hydrogen-bond donors (Lipinski definition) is 0. The van der Waals surface area contributed by atoms with Crippen molar-refractivity contribution >= 4 is 23.4 Å². The van der Waals surface area contributed by atoms with E-state index in [-0.39, 0.29) is 23.1 Å². The average molecular weight is 443 g/mol. The molecule has 6 heteroatoms. The number of carbonyl (C=O) groups is 4. The standard InChI is InChI=1S/C27H25NO5/c1-15-9-5-6-12-17(15)22-20-21(26(32)28(25(20)31)16-10-3-2-4-11-16)27(33-22)23(29)18-13-7-8-14-19(18)24(27)30/h5-9,12-14,16,20-22H,2-4,10-11H2,1H3/t20-,21+,22-/m1/s1. The van der Waals surface area contributed by atoms with Crippen LogP contribution in [0.4, 0.5) is 0 Å². The first-order valence-electron chi connectivity index (χ1n) is 11.8. The summed E-state index contributed by atoms with van der Waals surface area (Å²) in [5, 5.41) is 0. The number of amides is 2. The normalized spacial score (nSPS) is 28.6. The lowest BCUT2D eigenvalue weighted by molar-refractivity contribution is -0.148. The Morgan fingerprint density at radius 2 is 1.42 bits per heavy atom. The molecule has 2 aromatic carbocycles. The molecule has 2 aliphatic heterocycles. The molecule has 0 aromatic heterocycles. The average Bonchev–Trinajstić information content (AvgIpc) is 3.40. The molecule has 6 rings (SSSR count). The lowest BCUT2D eigenvalue weighted by atomic mass is 9.77. The van der Waals surface area contributed by atoms with Crippen LogP contribution in [0.5, 0.6) is 0 Å². The van der Waals surface area contributed by atoms with E-state index < -0.39 is 41.0 Å². The molecule has 6 nitrogen and oxygen atoms in total. The predicted molar refractivity (Wildman–Crippen MR) is 119 cm³/mol. The van der Waals surface area contributed by atoms with E-state index in [0.29, 0.717) is 0 Å². The molecule has 3 fully saturated rings. The quantitative estimate of drug-likeness (QED) is 0.521. The Kier molecular flexibility index (Phi) is 4.46. The summed E-state index contributed by atoms with van der Waals surface area (Å²) in [5.41, 5.74) is 0.195. The van der Waals surface area contributed by atoms with Crippen molar-refractivity contribution in [2.75, 3.05) is 0 Å². The number of imide groups is 1. The fourth-order valence-electron chi connectivity index (χ4n) is 6.43. The molecule has 2 aromatic rings. The lowest BCUT2D eigenvalue weighted by Gasteiger charge is -2.33. The van der Waals surface area contributed by atoms with Crippen LogP contribution >= 0.6 is 0 Å². The number of aryl methyl sites for hydroxylation is 1. The second kappa shape index (κ2) is 7.19. The first kappa shape index (κ1) is 20.5. The van der Waals surface area contributed by atoms with Crippen molar-refractivity contribution in [1.29, 1.82) is 0 Å². The van der Waals surface area contributed by atoms with E-state index in [2.05, 4.69) is 0 Å². The van der Waals surface area contributed by atoms with Crippen LogP contribution in [-0.4, -0.2) is 39.9 Å². The number of ether oxygens (including phenoxy) is 1. The van der Waals surface area contributed by atoms with Crippen LogP contribution in [0.15, 0.2) is 48.5 Å². The molecular formula is C27H25NO5. The van der Waals surface area contributed by atoms with Crippen LogP contribution in [0.1, 0.15) is 70.1 Å². The third-order valence-electron chi connectivity index (χ3n) is 7.99. The first-order chi connectivity index (χ1) is 16.0. The van der Waals surface area contributed by atoms with Gasteiger partial charge in [-0.25, -0.2) is 0 Å². The van der Waals surface area contributed by atoms with Crippen LogP contribution in [0.3, 0.4) is 0 Å². The summed E-state index contributed by atoms with van der Waals surface area (Å²) >= 11 is 0. The van der Waals surface area contributed by atoms with E-state index in [9.17, 15) is 19.2 Å². The zero-order valence-electron chi connectivity index (χ0n) is 18.5. The Labute approximate surface area is 191 Å². The molecule has 1 spiro atoms. The molecule has 2 saturated heterocycles.